The zero-order chi connectivity index (χ0) is 21.0. The van der Waals surface area contributed by atoms with Gasteiger partial charge < -0.3 is 15.1 Å². The summed E-state index contributed by atoms with van der Waals surface area (Å²) in [6.07, 6.45) is -1.17. The molecule has 0 saturated carbocycles. The molecule has 1 aromatic rings. The summed E-state index contributed by atoms with van der Waals surface area (Å²) < 4.78 is 38.7. The molecule has 1 unspecified atom stereocenters. The van der Waals surface area contributed by atoms with Gasteiger partial charge in [-0.05, 0) is 31.0 Å². The number of benzene rings is 1. The van der Waals surface area contributed by atoms with E-state index in [0.717, 1.165) is 31.4 Å². The van der Waals surface area contributed by atoms with Crippen LogP contribution in [-0.2, 0) is 20.6 Å². The fourth-order valence-corrected chi connectivity index (χ4v) is 3.72. The minimum atomic E-state index is -4.50. The fourth-order valence-electron chi connectivity index (χ4n) is 3.72. The smallest absolute Gasteiger partial charge is 0.354 e. The topological polar surface area (TPSA) is 69.7 Å². The maximum Gasteiger partial charge on any atom is 0.416 e. The van der Waals surface area contributed by atoms with Crippen LogP contribution in [0.25, 0.3) is 0 Å². The van der Waals surface area contributed by atoms with Crippen LogP contribution in [-0.4, -0.2) is 48.8 Å². The molecular formula is C20H24F3N3O3. The number of hydrogen-bond acceptors (Lipinski definition) is 3. The van der Waals surface area contributed by atoms with Crippen molar-refractivity contribution in [3.8, 4) is 0 Å². The van der Waals surface area contributed by atoms with Crippen molar-refractivity contribution in [2.75, 3.05) is 31.1 Å². The van der Waals surface area contributed by atoms with Crippen LogP contribution in [0.5, 0.6) is 0 Å². The van der Waals surface area contributed by atoms with E-state index in [1.54, 1.807) is 4.90 Å². The number of rotatable bonds is 5. The second-order valence-electron chi connectivity index (χ2n) is 7.44. The first-order valence-corrected chi connectivity index (χ1v) is 9.79. The second kappa shape index (κ2) is 8.84. The zero-order valence-corrected chi connectivity index (χ0v) is 16.0. The first-order chi connectivity index (χ1) is 13.8. The first kappa shape index (κ1) is 21.1. The first-order valence-electron chi connectivity index (χ1n) is 9.79. The maximum atomic E-state index is 12.9. The fraction of sp³-hybridized carbons (Fsp3) is 0.550. The molecule has 29 heavy (non-hydrogen) atoms. The van der Waals surface area contributed by atoms with Crippen molar-refractivity contribution in [3.63, 3.8) is 0 Å². The third-order valence-corrected chi connectivity index (χ3v) is 5.33. The van der Waals surface area contributed by atoms with E-state index in [1.165, 1.54) is 17.0 Å². The van der Waals surface area contributed by atoms with Crippen molar-refractivity contribution in [1.29, 1.82) is 0 Å². The Labute approximate surface area is 167 Å². The Morgan fingerprint density at radius 3 is 2.69 bits per heavy atom. The minimum absolute atomic E-state index is 0.0363. The van der Waals surface area contributed by atoms with Crippen molar-refractivity contribution < 1.29 is 27.6 Å². The van der Waals surface area contributed by atoms with Crippen LogP contribution in [0.1, 0.15) is 37.7 Å². The lowest BCUT2D eigenvalue weighted by molar-refractivity contribution is -0.137. The summed E-state index contributed by atoms with van der Waals surface area (Å²) in [4.78, 5) is 39.6. The average Bonchev–Trinajstić information content (AvgIpc) is 2.95. The summed E-state index contributed by atoms with van der Waals surface area (Å²) >= 11 is 0. The van der Waals surface area contributed by atoms with Gasteiger partial charge in [0.15, 0.2) is 0 Å². The van der Waals surface area contributed by atoms with Crippen LogP contribution in [0.15, 0.2) is 24.3 Å². The van der Waals surface area contributed by atoms with Gasteiger partial charge in [-0.1, -0.05) is 12.5 Å². The van der Waals surface area contributed by atoms with E-state index in [0.29, 0.717) is 26.1 Å². The second-order valence-corrected chi connectivity index (χ2v) is 7.44. The molecule has 0 radical (unpaired) electrons. The lowest BCUT2D eigenvalue weighted by atomic mass is 10.1. The van der Waals surface area contributed by atoms with Crippen LogP contribution >= 0.6 is 0 Å². The molecule has 1 aromatic carbocycles. The highest BCUT2D eigenvalue weighted by Gasteiger charge is 2.36. The molecular weight excluding hydrogens is 387 g/mol. The Morgan fingerprint density at radius 1 is 1.14 bits per heavy atom. The quantitative estimate of drug-likeness (QED) is 0.810. The monoisotopic (exact) mass is 411 g/mol. The standard InChI is InChI=1S/C20H24F3N3O3/c21-20(22,23)15-5-4-6-16(12-15)26-13-14(11-18(26)28)19(29)24-8-10-25-9-3-1-2-7-17(25)27/h4-6,12,14H,1-3,7-11,13H2,(H,24,29). The van der Waals surface area contributed by atoms with Gasteiger partial charge in [0.05, 0.1) is 11.5 Å². The maximum absolute atomic E-state index is 12.9. The molecule has 0 aliphatic carbocycles. The molecule has 3 rings (SSSR count). The summed E-state index contributed by atoms with van der Waals surface area (Å²) in [5, 5.41) is 2.75. The van der Waals surface area contributed by atoms with Gasteiger partial charge in [-0.15, -0.1) is 0 Å². The van der Waals surface area contributed by atoms with Gasteiger partial charge in [0, 0.05) is 44.7 Å². The summed E-state index contributed by atoms with van der Waals surface area (Å²) in [5.41, 5.74) is -0.701. The molecule has 2 aliphatic rings. The molecule has 1 N–H and O–H groups in total. The highest BCUT2D eigenvalue weighted by atomic mass is 19.4. The Hall–Kier alpha value is -2.58. The van der Waals surface area contributed by atoms with E-state index < -0.39 is 17.7 Å². The number of likely N-dealkylation sites (tertiary alicyclic amines) is 1. The Balaban J connectivity index is 1.54. The number of hydrogen-bond donors (Lipinski definition) is 1. The average molecular weight is 411 g/mol. The van der Waals surface area contributed by atoms with Gasteiger partial charge in [-0.3, -0.25) is 14.4 Å². The number of carbonyl (C=O) groups is 3. The van der Waals surface area contributed by atoms with Crippen molar-refractivity contribution in [2.24, 2.45) is 5.92 Å². The van der Waals surface area contributed by atoms with Gasteiger partial charge in [-0.25, -0.2) is 0 Å². The summed E-state index contributed by atoms with van der Waals surface area (Å²) in [7, 11) is 0. The van der Waals surface area contributed by atoms with E-state index in [4.69, 9.17) is 0 Å². The molecule has 9 heteroatoms. The molecule has 2 heterocycles. The zero-order valence-electron chi connectivity index (χ0n) is 16.0. The number of halogens is 3. The lowest BCUT2D eigenvalue weighted by Gasteiger charge is -2.21. The summed E-state index contributed by atoms with van der Waals surface area (Å²) in [5.74, 6) is -1.25. The van der Waals surface area contributed by atoms with E-state index in [9.17, 15) is 27.6 Å². The third kappa shape index (κ3) is 5.27. The Bertz CT molecular complexity index is 782. The highest BCUT2D eigenvalue weighted by molar-refractivity contribution is 6.00. The van der Waals surface area contributed by atoms with Crippen molar-refractivity contribution in [2.45, 2.75) is 38.3 Å². The van der Waals surface area contributed by atoms with Crippen molar-refractivity contribution in [3.05, 3.63) is 29.8 Å². The van der Waals surface area contributed by atoms with Gasteiger partial charge in [0.25, 0.3) is 0 Å². The molecule has 0 bridgehead atoms. The predicted octanol–water partition coefficient (Wildman–Crippen LogP) is 2.58. The van der Waals surface area contributed by atoms with E-state index >= 15 is 0 Å². The largest absolute Gasteiger partial charge is 0.416 e. The molecule has 3 amide bonds. The van der Waals surface area contributed by atoms with Gasteiger partial charge >= 0.3 is 6.18 Å². The normalized spacial score (nSPS) is 20.7. The molecule has 1 atom stereocenters. The van der Waals surface area contributed by atoms with Crippen LogP contribution in [0.2, 0.25) is 0 Å². The Kier molecular flexibility index (Phi) is 6.44. The number of carbonyl (C=O) groups excluding carboxylic acids is 3. The summed E-state index contributed by atoms with van der Waals surface area (Å²) in [6.45, 7) is 1.43. The van der Waals surface area contributed by atoms with Gasteiger partial charge in [0.1, 0.15) is 0 Å². The van der Waals surface area contributed by atoms with Crippen LogP contribution in [0.3, 0.4) is 0 Å². The SMILES string of the molecule is O=C(NCCN1CCCCCC1=O)C1CC(=O)N(c2cccc(C(F)(F)F)c2)C1. The number of anilines is 1. The number of alkyl halides is 3. The number of nitrogens with zero attached hydrogens (tertiary/aromatic N) is 2. The van der Waals surface area contributed by atoms with E-state index in [1.807, 2.05) is 0 Å². The van der Waals surface area contributed by atoms with Crippen molar-refractivity contribution in [1.82, 2.24) is 10.2 Å². The van der Waals surface area contributed by atoms with Crippen LogP contribution < -0.4 is 10.2 Å². The highest BCUT2D eigenvalue weighted by Crippen LogP contribution is 2.33. The third-order valence-electron chi connectivity index (χ3n) is 5.33. The molecule has 2 aliphatic heterocycles. The van der Waals surface area contributed by atoms with Crippen LogP contribution in [0.4, 0.5) is 18.9 Å². The lowest BCUT2D eigenvalue weighted by Crippen LogP contribution is -2.40. The molecule has 2 fully saturated rings. The molecule has 0 aromatic heterocycles. The molecule has 2 saturated heterocycles. The van der Waals surface area contributed by atoms with E-state index in [2.05, 4.69) is 5.32 Å². The van der Waals surface area contributed by atoms with Gasteiger partial charge in [0.2, 0.25) is 17.7 Å². The minimum Gasteiger partial charge on any atom is -0.354 e. The Morgan fingerprint density at radius 2 is 1.93 bits per heavy atom. The van der Waals surface area contributed by atoms with E-state index in [-0.39, 0.29) is 36.4 Å². The van der Waals surface area contributed by atoms with Crippen molar-refractivity contribution >= 4 is 23.4 Å². The van der Waals surface area contributed by atoms with Gasteiger partial charge in [-0.2, -0.15) is 13.2 Å². The number of nitrogens with one attached hydrogen (secondary N) is 1. The predicted molar refractivity (Wildman–Crippen MR) is 100.0 cm³/mol. The summed E-state index contributed by atoms with van der Waals surface area (Å²) in [6, 6.07) is 4.54. The molecule has 0 spiro atoms. The van der Waals surface area contributed by atoms with Crippen LogP contribution in [0, 0.1) is 5.92 Å². The number of amides is 3. The molecule has 158 valence electrons. The molecule has 6 nitrogen and oxygen atoms in total.